The molecule has 14 heavy (non-hydrogen) atoms. The van der Waals surface area contributed by atoms with E-state index in [1.165, 1.54) is 0 Å². The van der Waals surface area contributed by atoms with Gasteiger partial charge in [0.25, 0.3) is 0 Å². The molecule has 80 valence electrons. The molecule has 0 aliphatic carbocycles. The van der Waals surface area contributed by atoms with E-state index in [1.807, 2.05) is 0 Å². The van der Waals surface area contributed by atoms with Crippen molar-refractivity contribution in [3.05, 3.63) is 0 Å². The average molecular weight is 228 g/mol. The van der Waals surface area contributed by atoms with Crippen LogP contribution in [0.25, 0.3) is 0 Å². The summed E-state index contributed by atoms with van der Waals surface area (Å²) >= 11 is 0. The molecule has 0 fully saturated rings. The zero-order chi connectivity index (χ0) is 9.94. The molecular weight excluding hydrogens is 206 g/mol. The maximum atomic E-state index is 5.35. The quantitative estimate of drug-likeness (QED) is 0.561. The van der Waals surface area contributed by atoms with E-state index in [1.54, 1.807) is 0 Å². The second-order valence-corrected chi connectivity index (χ2v) is 2.90. The predicted octanol–water partition coefficient (Wildman–Crippen LogP) is 1.60. The average Bonchev–Trinajstić information content (AvgIpc) is 2.17. The van der Waals surface area contributed by atoms with Crippen molar-refractivity contribution in [2.45, 2.75) is 40.0 Å². The van der Waals surface area contributed by atoms with Gasteiger partial charge in [0, 0.05) is 19.8 Å². The summed E-state index contributed by atoms with van der Waals surface area (Å²) in [4.78, 5) is 0. The Bertz CT molecular complexity index is 87.0. The SMILES string of the molecule is CCCOB(OCCC)OCCC.[KH]. The number of hydrogen-bond donors (Lipinski definition) is 0. The third-order valence-corrected chi connectivity index (χ3v) is 1.37. The summed E-state index contributed by atoms with van der Waals surface area (Å²) in [5.74, 6) is 0. The van der Waals surface area contributed by atoms with E-state index in [4.69, 9.17) is 14.0 Å². The Kier molecular flexibility index (Phi) is 18.7. The first kappa shape index (κ1) is 18.0. The van der Waals surface area contributed by atoms with Gasteiger partial charge in [-0.15, -0.1) is 0 Å². The van der Waals surface area contributed by atoms with Crippen molar-refractivity contribution in [1.29, 1.82) is 0 Å². The van der Waals surface area contributed by atoms with Crippen LogP contribution < -0.4 is 0 Å². The Hall–Kier alpha value is 1.58. The zero-order valence-corrected chi connectivity index (χ0v) is 9.04. The molecule has 0 aliphatic heterocycles. The topological polar surface area (TPSA) is 27.7 Å². The van der Waals surface area contributed by atoms with Crippen LogP contribution in [-0.2, 0) is 14.0 Å². The molecule has 0 unspecified atom stereocenters. The van der Waals surface area contributed by atoms with Crippen LogP contribution in [-0.4, -0.2) is 78.5 Å². The number of rotatable bonds is 9. The van der Waals surface area contributed by atoms with Gasteiger partial charge in [-0.25, -0.2) is 0 Å². The van der Waals surface area contributed by atoms with Crippen LogP contribution in [0.1, 0.15) is 40.0 Å². The van der Waals surface area contributed by atoms with Crippen molar-refractivity contribution in [2.24, 2.45) is 0 Å². The molecule has 0 atom stereocenters. The molecule has 0 N–H and O–H groups in total. The first-order valence-corrected chi connectivity index (χ1v) is 5.19. The Balaban J connectivity index is 0. The predicted molar refractivity (Wildman–Crippen MR) is 61.6 cm³/mol. The van der Waals surface area contributed by atoms with Crippen LogP contribution >= 0.6 is 0 Å². The summed E-state index contributed by atoms with van der Waals surface area (Å²) in [6.07, 6.45) is 2.96. The molecule has 5 heteroatoms. The fourth-order valence-corrected chi connectivity index (χ4v) is 0.787. The third kappa shape index (κ3) is 11.7. The van der Waals surface area contributed by atoms with E-state index in [0.29, 0.717) is 19.8 Å². The molecular formula is C9H22BKO3. The molecule has 0 spiro atoms. The molecule has 0 aromatic heterocycles. The van der Waals surface area contributed by atoms with E-state index < -0.39 is 7.32 Å². The van der Waals surface area contributed by atoms with Crippen molar-refractivity contribution in [3.8, 4) is 0 Å². The van der Waals surface area contributed by atoms with Gasteiger partial charge in [0.05, 0.1) is 0 Å². The molecule has 0 aromatic rings. The van der Waals surface area contributed by atoms with Crippen molar-refractivity contribution < 1.29 is 14.0 Å². The molecule has 3 nitrogen and oxygen atoms in total. The van der Waals surface area contributed by atoms with Crippen molar-refractivity contribution in [1.82, 2.24) is 0 Å². The summed E-state index contributed by atoms with van der Waals surface area (Å²) in [5.41, 5.74) is 0. The standard InChI is InChI=1S/C9H21BO3.K.H/c1-4-7-11-10(12-8-5-2)13-9-6-3;;/h4-9H2,1-3H3;;. The zero-order valence-electron chi connectivity index (χ0n) is 9.04. The maximum absolute atomic E-state index is 5.35. The molecule has 0 heterocycles. The first-order chi connectivity index (χ1) is 6.35. The van der Waals surface area contributed by atoms with Gasteiger partial charge in [-0.05, 0) is 19.3 Å². The van der Waals surface area contributed by atoms with Crippen molar-refractivity contribution >= 4 is 58.7 Å². The molecule has 0 amide bonds. The summed E-state index contributed by atoms with van der Waals surface area (Å²) in [7, 11) is -0.458. The Morgan fingerprint density at radius 2 is 1.00 bits per heavy atom. The molecule has 0 rings (SSSR count). The van der Waals surface area contributed by atoms with Crippen LogP contribution in [0.5, 0.6) is 0 Å². The monoisotopic (exact) mass is 228 g/mol. The van der Waals surface area contributed by atoms with E-state index in [-0.39, 0.29) is 51.4 Å². The van der Waals surface area contributed by atoms with Crippen LogP contribution in [0.15, 0.2) is 0 Å². The van der Waals surface area contributed by atoms with Crippen molar-refractivity contribution in [2.75, 3.05) is 19.8 Å². The van der Waals surface area contributed by atoms with E-state index in [0.717, 1.165) is 19.3 Å². The van der Waals surface area contributed by atoms with Gasteiger partial charge in [-0.1, -0.05) is 20.8 Å². The Morgan fingerprint density at radius 3 is 1.21 bits per heavy atom. The van der Waals surface area contributed by atoms with Gasteiger partial charge in [0.2, 0.25) is 0 Å². The molecule has 0 aliphatic rings. The van der Waals surface area contributed by atoms with E-state index in [9.17, 15) is 0 Å². The minimum atomic E-state index is -0.458. The fraction of sp³-hybridized carbons (Fsp3) is 1.00. The van der Waals surface area contributed by atoms with E-state index in [2.05, 4.69) is 20.8 Å². The minimum absolute atomic E-state index is 0. The Labute approximate surface area is 131 Å². The van der Waals surface area contributed by atoms with Crippen molar-refractivity contribution in [3.63, 3.8) is 0 Å². The normalized spacial score (nSPS) is 9.64. The molecule has 0 radical (unpaired) electrons. The molecule has 0 saturated carbocycles. The van der Waals surface area contributed by atoms with E-state index >= 15 is 0 Å². The second kappa shape index (κ2) is 14.6. The third-order valence-electron chi connectivity index (χ3n) is 1.37. The first-order valence-electron chi connectivity index (χ1n) is 5.19. The second-order valence-electron chi connectivity index (χ2n) is 2.90. The Morgan fingerprint density at radius 1 is 0.714 bits per heavy atom. The fourth-order valence-electron chi connectivity index (χ4n) is 0.787. The van der Waals surface area contributed by atoms with Crippen LogP contribution in [0, 0.1) is 0 Å². The summed E-state index contributed by atoms with van der Waals surface area (Å²) in [6, 6.07) is 0. The summed E-state index contributed by atoms with van der Waals surface area (Å²) in [5, 5.41) is 0. The molecule has 0 saturated heterocycles. The summed E-state index contributed by atoms with van der Waals surface area (Å²) < 4.78 is 16.1. The van der Waals surface area contributed by atoms with Gasteiger partial charge in [-0.3, -0.25) is 0 Å². The molecule has 0 aromatic carbocycles. The number of hydrogen-bond acceptors (Lipinski definition) is 3. The van der Waals surface area contributed by atoms with Gasteiger partial charge >= 0.3 is 58.7 Å². The van der Waals surface area contributed by atoms with Crippen LogP contribution in [0.4, 0.5) is 0 Å². The van der Waals surface area contributed by atoms with Gasteiger partial charge in [0.1, 0.15) is 0 Å². The molecule has 0 bridgehead atoms. The van der Waals surface area contributed by atoms with Gasteiger partial charge in [-0.2, -0.15) is 0 Å². The van der Waals surface area contributed by atoms with Crippen LogP contribution in [0.2, 0.25) is 0 Å². The van der Waals surface area contributed by atoms with Crippen LogP contribution in [0.3, 0.4) is 0 Å². The van der Waals surface area contributed by atoms with Gasteiger partial charge in [0.15, 0.2) is 0 Å². The summed E-state index contributed by atoms with van der Waals surface area (Å²) in [6.45, 7) is 8.28. The van der Waals surface area contributed by atoms with Gasteiger partial charge < -0.3 is 14.0 Å².